The van der Waals surface area contributed by atoms with Crippen LogP contribution in [0.4, 0.5) is 0 Å². The van der Waals surface area contributed by atoms with Gasteiger partial charge in [0, 0.05) is 24.1 Å². The van der Waals surface area contributed by atoms with Crippen LogP contribution in [0, 0.1) is 0 Å². The number of carbonyl (C=O) groups excluding carboxylic acids is 3. The van der Waals surface area contributed by atoms with Gasteiger partial charge < -0.3 is 9.64 Å². The Morgan fingerprint density at radius 3 is 2.78 bits per heavy atom. The van der Waals surface area contributed by atoms with Gasteiger partial charge in [-0.25, -0.2) is 0 Å². The molecule has 0 N–H and O–H groups in total. The first kappa shape index (κ1) is 17.9. The van der Waals surface area contributed by atoms with Gasteiger partial charge in [-0.3, -0.25) is 19.3 Å². The Kier molecular flexibility index (Phi) is 4.80. The van der Waals surface area contributed by atoms with Crippen LogP contribution in [0.25, 0.3) is 0 Å². The lowest BCUT2D eigenvalue weighted by Crippen LogP contribution is -2.36. The number of imide groups is 1. The molecule has 1 fully saturated rings. The maximum Gasteiger partial charge on any atom is 0.261 e. The highest BCUT2D eigenvalue weighted by Crippen LogP contribution is 2.26. The SMILES string of the molecule is CN(Cc1cccs1)C(=O)c1ccc2c(c1)C(=O)N(CC1CCCO1)C2=O. The lowest BCUT2D eigenvalue weighted by atomic mass is 10.0. The summed E-state index contributed by atoms with van der Waals surface area (Å²) in [6.45, 7) is 1.45. The minimum absolute atomic E-state index is 0.0924. The smallest absolute Gasteiger partial charge is 0.261 e. The van der Waals surface area contributed by atoms with E-state index >= 15 is 0 Å². The van der Waals surface area contributed by atoms with Crippen LogP contribution in [-0.4, -0.2) is 53.8 Å². The number of nitrogens with zero attached hydrogens (tertiary/aromatic N) is 2. The summed E-state index contributed by atoms with van der Waals surface area (Å²) >= 11 is 1.59. The number of benzene rings is 1. The van der Waals surface area contributed by atoms with E-state index in [2.05, 4.69) is 0 Å². The van der Waals surface area contributed by atoms with E-state index in [0.29, 0.717) is 29.8 Å². The first-order valence-corrected chi connectivity index (χ1v) is 9.82. The van der Waals surface area contributed by atoms with E-state index in [4.69, 9.17) is 4.74 Å². The topological polar surface area (TPSA) is 66.9 Å². The molecule has 0 saturated carbocycles. The molecule has 140 valence electrons. The molecule has 0 radical (unpaired) electrons. The summed E-state index contributed by atoms with van der Waals surface area (Å²) in [6, 6.07) is 8.66. The summed E-state index contributed by atoms with van der Waals surface area (Å²) in [4.78, 5) is 42.0. The van der Waals surface area contributed by atoms with Crippen molar-refractivity contribution >= 4 is 29.1 Å². The van der Waals surface area contributed by atoms with Crippen molar-refractivity contribution in [2.24, 2.45) is 0 Å². The molecule has 4 rings (SSSR count). The van der Waals surface area contributed by atoms with E-state index < -0.39 is 0 Å². The van der Waals surface area contributed by atoms with Gasteiger partial charge in [0.05, 0.1) is 30.3 Å². The Bertz CT molecular complexity index is 887. The van der Waals surface area contributed by atoms with Crippen LogP contribution < -0.4 is 0 Å². The third-order valence-corrected chi connectivity index (χ3v) is 5.81. The summed E-state index contributed by atoms with van der Waals surface area (Å²) < 4.78 is 5.55. The maximum absolute atomic E-state index is 12.7. The fraction of sp³-hybridized carbons (Fsp3) is 0.350. The highest BCUT2D eigenvalue weighted by atomic mass is 32.1. The van der Waals surface area contributed by atoms with Gasteiger partial charge in [-0.2, -0.15) is 0 Å². The van der Waals surface area contributed by atoms with Crippen molar-refractivity contribution in [1.29, 1.82) is 0 Å². The quantitative estimate of drug-likeness (QED) is 0.744. The van der Waals surface area contributed by atoms with Gasteiger partial charge in [-0.1, -0.05) is 6.07 Å². The molecule has 27 heavy (non-hydrogen) atoms. The van der Waals surface area contributed by atoms with E-state index in [1.807, 2.05) is 17.5 Å². The predicted octanol–water partition coefficient (Wildman–Crippen LogP) is 2.80. The van der Waals surface area contributed by atoms with Gasteiger partial charge in [0.2, 0.25) is 0 Å². The van der Waals surface area contributed by atoms with Crippen molar-refractivity contribution in [3.63, 3.8) is 0 Å². The van der Waals surface area contributed by atoms with E-state index in [0.717, 1.165) is 17.7 Å². The van der Waals surface area contributed by atoms with Gasteiger partial charge >= 0.3 is 0 Å². The van der Waals surface area contributed by atoms with E-state index in [-0.39, 0.29) is 30.4 Å². The molecule has 1 aromatic heterocycles. The van der Waals surface area contributed by atoms with Crippen LogP contribution in [0.2, 0.25) is 0 Å². The molecule has 1 unspecified atom stereocenters. The Hall–Kier alpha value is -2.51. The molecule has 2 aromatic rings. The van der Waals surface area contributed by atoms with Crippen LogP contribution in [0.3, 0.4) is 0 Å². The van der Waals surface area contributed by atoms with Gasteiger partial charge in [0.1, 0.15) is 0 Å². The fourth-order valence-corrected chi connectivity index (χ4v) is 4.27. The number of amides is 3. The van der Waals surface area contributed by atoms with Gasteiger partial charge in [-0.15, -0.1) is 11.3 Å². The van der Waals surface area contributed by atoms with E-state index in [9.17, 15) is 14.4 Å². The van der Waals surface area contributed by atoms with Crippen molar-refractivity contribution in [3.05, 3.63) is 57.3 Å². The van der Waals surface area contributed by atoms with Crippen LogP contribution in [0.1, 0.15) is 48.8 Å². The first-order valence-electron chi connectivity index (χ1n) is 8.94. The minimum atomic E-state index is -0.346. The van der Waals surface area contributed by atoms with Gasteiger partial charge in [0.15, 0.2) is 0 Å². The van der Waals surface area contributed by atoms with Crippen LogP contribution in [-0.2, 0) is 11.3 Å². The fourth-order valence-electron chi connectivity index (χ4n) is 3.51. The summed E-state index contributed by atoms with van der Waals surface area (Å²) in [7, 11) is 1.73. The average molecular weight is 384 g/mol. The van der Waals surface area contributed by atoms with Gasteiger partial charge in [0.25, 0.3) is 17.7 Å². The molecular weight excluding hydrogens is 364 g/mol. The molecule has 1 aromatic carbocycles. The molecule has 0 aliphatic carbocycles. The number of carbonyl (C=O) groups is 3. The second-order valence-corrected chi connectivity index (χ2v) is 7.89. The molecule has 7 heteroatoms. The van der Waals surface area contributed by atoms with Crippen LogP contribution >= 0.6 is 11.3 Å². The average Bonchev–Trinajstić information content (AvgIpc) is 3.41. The molecule has 1 atom stereocenters. The zero-order valence-corrected chi connectivity index (χ0v) is 15.8. The van der Waals surface area contributed by atoms with Crippen molar-refractivity contribution in [2.45, 2.75) is 25.5 Å². The molecule has 1 saturated heterocycles. The minimum Gasteiger partial charge on any atom is -0.376 e. The first-order chi connectivity index (χ1) is 13.0. The number of hydrogen-bond acceptors (Lipinski definition) is 5. The van der Waals surface area contributed by atoms with Crippen molar-refractivity contribution in [3.8, 4) is 0 Å². The summed E-state index contributed by atoms with van der Waals surface area (Å²) in [6.07, 6.45) is 1.71. The second-order valence-electron chi connectivity index (χ2n) is 6.86. The monoisotopic (exact) mass is 384 g/mol. The lowest BCUT2D eigenvalue weighted by molar-refractivity contribution is 0.0475. The van der Waals surface area contributed by atoms with E-state index in [1.165, 1.54) is 4.90 Å². The maximum atomic E-state index is 12.7. The highest BCUT2D eigenvalue weighted by molar-refractivity contribution is 7.09. The third-order valence-electron chi connectivity index (χ3n) is 4.95. The van der Waals surface area contributed by atoms with E-state index in [1.54, 1.807) is 41.5 Å². The summed E-state index contributed by atoms with van der Waals surface area (Å²) in [5.74, 6) is -0.832. The molecule has 2 aliphatic rings. The summed E-state index contributed by atoms with van der Waals surface area (Å²) in [5.41, 5.74) is 1.07. The second kappa shape index (κ2) is 7.25. The molecular formula is C20H20N2O4S. The Labute approximate surface area is 161 Å². The number of fused-ring (bicyclic) bond motifs is 1. The van der Waals surface area contributed by atoms with Crippen LogP contribution in [0.15, 0.2) is 35.7 Å². The summed E-state index contributed by atoms with van der Waals surface area (Å²) in [5, 5.41) is 1.97. The van der Waals surface area contributed by atoms with Crippen molar-refractivity contribution in [2.75, 3.05) is 20.2 Å². The number of ether oxygens (including phenoxy) is 1. The van der Waals surface area contributed by atoms with Crippen LogP contribution in [0.5, 0.6) is 0 Å². The normalized spacial score (nSPS) is 18.9. The molecule has 0 bridgehead atoms. The van der Waals surface area contributed by atoms with Crippen molar-refractivity contribution < 1.29 is 19.1 Å². The Morgan fingerprint density at radius 1 is 1.26 bits per heavy atom. The standard InChI is InChI=1S/C20H20N2O4S/c1-21(12-15-5-3-9-27-15)18(23)13-6-7-16-17(10-13)20(25)22(19(16)24)11-14-4-2-8-26-14/h3,5-7,9-10,14H,2,4,8,11-12H2,1H3. The van der Waals surface area contributed by atoms with Gasteiger partial charge in [-0.05, 0) is 42.5 Å². The molecule has 6 nitrogen and oxygen atoms in total. The predicted molar refractivity (Wildman–Crippen MR) is 101 cm³/mol. The third kappa shape index (κ3) is 3.40. The largest absolute Gasteiger partial charge is 0.376 e. The Balaban J connectivity index is 1.52. The number of rotatable bonds is 5. The molecule has 0 spiro atoms. The number of thiophene rings is 1. The zero-order chi connectivity index (χ0) is 19.0. The highest BCUT2D eigenvalue weighted by Gasteiger charge is 2.38. The number of hydrogen-bond donors (Lipinski definition) is 0. The molecule has 3 heterocycles. The lowest BCUT2D eigenvalue weighted by Gasteiger charge is -2.18. The van der Waals surface area contributed by atoms with Crippen molar-refractivity contribution in [1.82, 2.24) is 9.80 Å². The molecule has 2 aliphatic heterocycles. The molecule has 3 amide bonds. The Morgan fingerprint density at radius 2 is 2.07 bits per heavy atom. The zero-order valence-electron chi connectivity index (χ0n) is 15.0.